The van der Waals surface area contributed by atoms with E-state index in [1.165, 1.54) is 30.3 Å². The maximum atomic E-state index is 12.7. The van der Waals surface area contributed by atoms with Gasteiger partial charge in [-0.1, -0.05) is 24.3 Å². The highest BCUT2D eigenvalue weighted by atomic mass is 19.3. The van der Waals surface area contributed by atoms with Crippen LogP contribution >= 0.6 is 0 Å². The molecule has 7 nitrogen and oxygen atoms in total. The van der Waals surface area contributed by atoms with Gasteiger partial charge in [-0.05, 0) is 42.5 Å². The zero-order valence-electron chi connectivity index (χ0n) is 16.4. The van der Waals surface area contributed by atoms with Crippen LogP contribution in [0.15, 0.2) is 42.5 Å². The molecule has 2 N–H and O–H groups in total. The zero-order chi connectivity index (χ0) is 22.4. The average molecular weight is 433 g/mol. The van der Waals surface area contributed by atoms with Gasteiger partial charge >= 0.3 is 12.6 Å². The van der Waals surface area contributed by atoms with Crippen molar-refractivity contribution < 1.29 is 37.7 Å². The largest absolute Gasteiger partial charge is 0.489 e. The molecule has 3 rings (SSSR count). The van der Waals surface area contributed by atoms with E-state index in [1.54, 1.807) is 12.1 Å². The van der Waals surface area contributed by atoms with Crippen LogP contribution in [0.4, 0.5) is 8.78 Å². The second-order valence-electron chi connectivity index (χ2n) is 7.17. The van der Waals surface area contributed by atoms with Gasteiger partial charge in [0.15, 0.2) is 17.8 Å². The predicted octanol–water partition coefficient (Wildman–Crippen LogP) is 3.84. The van der Waals surface area contributed by atoms with E-state index in [-0.39, 0.29) is 22.6 Å². The lowest BCUT2D eigenvalue weighted by Crippen LogP contribution is -2.31. The van der Waals surface area contributed by atoms with Crippen LogP contribution in [0.25, 0.3) is 0 Å². The number of carboxylic acids is 1. The van der Waals surface area contributed by atoms with Gasteiger partial charge in [-0.25, -0.2) is 0 Å². The van der Waals surface area contributed by atoms with Gasteiger partial charge in [0.1, 0.15) is 0 Å². The number of hydrogen-bond donors (Lipinski definition) is 2. The highest BCUT2D eigenvalue weighted by molar-refractivity contribution is 6.01. The van der Waals surface area contributed by atoms with Crippen molar-refractivity contribution in [1.82, 2.24) is 5.32 Å². The third-order valence-electron chi connectivity index (χ3n) is 4.77. The Kier molecular flexibility index (Phi) is 7.17. The van der Waals surface area contributed by atoms with Crippen LogP contribution in [-0.2, 0) is 4.79 Å². The summed E-state index contributed by atoms with van der Waals surface area (Å²) in [6.07, 6.45) is 2.03. The van der Waals surface area contributed by atoms with Crippen molar-refractivity contribution in [2.45, 2.75) is 31.9 Å². The molecule has 0 aliphatic heterocycles. The predicted molar refractivity (Wildman–Crippen MR) is 106 cm³/mol. The maximum absolute atomic E-state index is 12.7. The Bertz CT molecular complexity index is 961. The molecule has 0 saturated heterocycles. The molecule has 0 aromatic heterocycles. The normalized spacial score (nSPS) is 14.0. The molecule has 0 heterocycles. The average Bonchev–Trinajstić information content (AvgIpc) is 3.56. The summed E-state index contributed by atoms with van der Waals surface area (Å²) in [5, 5.41) is 11.9. The zero-order valence-corrected chi connectivity index (χ0v) is 16.4. The monoisotopic (exact) mass is 433 g/mol. The molecule has 2 aromatic carbocycles. The molecule has 0 bridgehead atoms. The Labute approximate surface area is 177 Å². The first-order valence-corrected chi connectivity index (χ1v) is 9.65. The number of ether oxygens (including phenoxy) is 2. The lowest BCUT2D eigenvalue weighted by Gasteiger charge is -2.20. The second-order valence-corrected chi connectivity index (χ2v) is 7.17. The van der Waals surface area contributed by atoms with Crippen molar-refractivity contribution in [3.05, 3.63) is 59.2 Å². The van der Waals surface area contributed by atoms with Crippen molar-refractivity contribution >= 4 is 18.2 Å². The first kappa shape index (κ1) is 22.2. The Hall–Kier alpha value is -3.49. The number of aldehydes is 1. The van der Waals surface area contributed by atoms with Crippen LogP contribution in [0.1, 0.15) is 51.6 Å². The quantitative estimate of drug-likeness (QED) is 0.522. The number of alkyl halides is 2. The van der Waals surface area contributed by atoms with Gasteiger partial charge in [-0.3, -0.25) is 14.4 Å². The number of rotatable bonds is 11. The summed E-state index contributed by atoms with van der Waals surface area (Å²) < 4.78 is 35.6. The van der Waals surface area contributed by atoms with Gasteiger partial charge in [0.25, 0.3) is 5.91 Å². The smallest absolute Gasteiger partial charge is 0.387 e. The maximum Gasteiger partial charge on any atom is 0.387 e. The van der Waals surface area contributed by atoms with E-state index >= 15 is 0 Å². The summed E-state index contributed by atoms with van der Waals surface area (Å²) in [5.74, 6) is -1.60. The number of hydrogen-bond acceptors (Lipinski definition) is 5. The molecule has 0 radical (unpaired) electrons. The van der Waals surface area contributed by atoms with Gasteiger partial charge in [0.2, 0.25) is 0 Å². The van der Waals surface area contributed by atoms with Gasteiger partial charge < -0.3 is 19.9 Å². The van der Waals surface area contributed by atoms with Crippen LogP contribution in [-0.4, -0.2) is 36.5 Å². The molecule has 1 aliphatic rings. The van der Waals surface area contributed by atoms with Crippen LogP contribution < -0.4 is 14.8 Å². The fourth-order valence-corrected chi connectivity index (χ4v) is 3.01. The van der Waals surface area contributed by atoms with E-state index in [0.717, 1.165) is 12.8 Å². The molecule has 1 fully saturated rings. The Morgan fingerprint density at radius 3 is 2.55 bits per heavy atom. The summed E-state index contributed by atoms with van der Waals surface area (Å²) in [4.78, 5) is 35.3. The van der Waals surface area contributed by atoms with Crippen molar-refractivity contribution in [2.75, 3.05) is 6.61 Å². The van der Waals surface area contributed by atoms with Gasteiger partial charge in [0.05, 0.1) is 19.1 Å². The number of aliphatic carboxylic acids is 1. The molecule has 164 valence electrons. The third kappa shape index (κ3) is 6.24. The minimum atomic E-state index is -3.05. The molecule has 2 aromatic rings. The third-order valence-corrected chi connectivity index (χ3v) is 4.77. The van der Waals surface area contributed by atoms with Crippen LogP contribution in [0.3, 0.4) is 0 Å². The van der Waals surface area contributed by atoms with Crippen molar-refractivity contribution in [3.63, 3.8) is 0 Å². The van der Waals surface area contributed by atoms with Gasteiger partial charge in [0, 0.05) is 11.1 Å². The van der Waals surface area contributed by atoms with E-state index in [1.807, 2.05) is 0 Å². The van der Waals surface area contributed by atoms with E-state index in [2.05, 4.69) is 10.1 Å². The van der Waals surface area contributed by atoms with Crippen molar-refractivity contribution in [1.29, 1.82) is 0 Å². The Balaban J connectivity index is 1.87. The number of halogens is 2. The van der Waals surface area contributed by atoms with Crippen LogP contribution in [0.5, 0.6) is 11.5 Å². The highest BCUT2D eigenvalue weighted by Crippen LogP contribution is 2.35. The minimum Gasteiger partial charge on any atom is -0.489 e. The number of benzene rings is 2. The molecule has 31 heavy (non-hydrogen) atoms. The van der Waals surface area contributed by atoms with E-state index < -0.39 is 31.0 Å². The molecule has 0 spiro atoms. The highest BCUT2D eigenvalue weighted by Gasteiger charge is 2.25. The Morgan fingerprint density at radius 1 is 1.16 bits per heavy atom. The minimum absolute atomic E-state index is 0.0441. The van der Waals surface area contributed by atoms with E-state index in [0.29, 0.717) is 24.4 Å². The fraction of sp³-hybridized carbons (Fsp3) is 0.318. The SMILES string of the molecule is O=Cc1ccccc1C(=O)NC(CC(=O)O)c1ccc(OC(F)F)c(OCC2CC2)c1. The van der Waals surface area contributed by atoms with Crippen LogP contribution in [0, 0.1) is 5.92 Å². The number of carboxylic acid groups (broad SMARTS) is 1. The molecule has 9 heteroatoms. The number of carbonyl (C=O) groups is 3. The molecular formula is C22H21F2NO6. The fourth-order valence-electron chi connectivity index (χ4n) is 3.01. The second kappa shape index (κ2) is 10.0. The summed E-state index contributed by atoms with van der Waals surface area (Å²) >= 11 is 0. The lowest BCUT2D eigenvalue weighted by atomic mass is 10.0. The van der Waals surface area contributed by atoms with Gasteiger partial charge in [-0.2, -0.15) is 8.78 Å². The van der Waals surface area contributed by atoms with Crippen molar-refractivity contribution in [2.24, 2.45) is 5.92 Å². The molecule has 1 saturated carbocycles. The lowest BCUT2D eigenvalue weighted by molar-refractivity contribution is -0.137. The van der Waals surface area contributed by atoms with E-state index in [9.17, 15) is 28.3 Å². The van der Waals surface area contributed by atoms with Crippen LogP contribution in [0.2, 0.25) is 0 Å². The summed E-state index contributed by atoms with van der Waals surface area (Å²) in [6, 6.07) is 9.13. The Morgan fingerprint density at radius 2 is 1.90 bits per heavy atom. The molecule has 1 amide bonds. The standard InChI is InChI=1S/C22H21F2NO6/c23-22(24)31-18-8-7-14(9-19(18)30-12-13-5-6-13)17(10-20(27)28)25-21(29)16-4-2-1-3-15(16)11-26/h1-4,7-9,11,13,17,22H,5-6,10,12H2,(H,25,29)(H,27,28). The first-order valence-electron chi connectivity index (χ1n) is 9.65. The number of carbonyl (C=O) groups excluding carboxylic acids is 2. The van der Waals surface area contributed by atoms with E-state index in [4.69, 9.17) is 4.74 Å². The summed E-state index contributed by atoms with van der Waals surface area (Å²) in [5.41, 5.74) is 0.589. The number of nitrogens with one attached hydrogen (secondary N) is 1. The molecule has 1 aliphatic carbocycles. The summed E-state index contributed by atoms with van der Waals surface area (Å²) in [6.45, 7) is -2.73. The number of amides is 1. The molecule has 1 unspecified atom stereocenters. The van der Waals surface area contributed by atoms with Gasteiger partial charge in [-0.15, -0.1) is 0 Å². The summed E-state index contributed by atoms with van der Waals surface area (Å²) in [7, 11) is 0. The first-order chi connectivity index (χ1) is 14.9. The topological polar surface area (TPSA) is 102 Å². The molecular weight excluding hydrogens is 412 g/mol. The van der Waals surface area contributed by atoms with Crippen molar-refractivity contribution in [3.8, 4) is 11.5 Å². The molecule has 1 atom stereocenters.